The van der Waals surface area contributed by atoms with Crippen LogP contribution in [-0.2, 0) is 6.54 Å². The molecule has 0 bridgehead atoms. The van der Waals surface area contributed by atoms with E-state index in [1.165, 1.54) is 24.3 Å². The van der Waals surface area contributed by atoms with Crippen LogP contribution in [0.1, 0.15) is 44.7 Å². The van der Waals surface area contributed by atoms with E-state index in [0.29, 0.717) is 42.2 Å². The number of fused-ring (bicyclic) bond motifs is 1. The van der Waals surface area contributed by atoms with Crippen molar-refractivity contribution in [3.8, 4) is 6.07 Å². The van der Waals surface area contributed by atoms with Crippen molar-refractivity contribution >= 4 is 24.1 Å². The highest BCUT2D eigenvalue weighted by atomic mass is 35.5. The van der Waals surface area contributed by atoms with Crippen molar-refractivity contribution in [1.29, 1.82) is 5.26 Å². The number of benzene rings is 2. The molecule has 2 aliphatic heterocycles. The van der Waals surface area contributed by atoms with Crippen LogP contribution in [0.15, 0.2) is 42.5 Å². The number of nitrogens with zero attached hydrogens (tertiary/aromatic N) is 3. The number of likely N-dealkylation sites (tertiary alicyclic amines) is 1. The molecule has 2 heterocycles. The average Bonchev–Trinajstić information content (AvgIpc) is 3.04. The number of carbonyl (C=O) groups is 2. The summed E-state index contributed by atoms with van der Waals surface area (Å²) >= 11 is 0. The second-order valence-electron chi connectivity index (χ2n) is 7.82. The molecule has 1 fully saturated rings. The van der Waals surface area contributed by atoms with Gasteiger partial charge in [-0.2, -0.15) is 5.26 Å². The van der Waals surface area contributed by atoms with Crippen molar-refractivity contribution in [3.63, 3.8) is 0 Å². The molecule has 0 spiro atoms. The van der Waals surface area contributed by atoms with Gasteiger partial charge in [-0.1, -0.05) is 0 Å². The molecule has 0 N–H and O–H groups in total. The summed E-state index contributed by atoms with van der Waals surface area (Å²) in [6.07, 6.45) is 1.86. The largest absolute Gasteiger partial charge is 0.334 e. The normalized spacial score (nSPS) is 16.7. The first-order valence-corrected chi connectivity index (χ1v) is 9.87. The van der Waals surface area contributed by atoms with Gasteiger partial charge in [0.25, 0.3) is 5.91 Å². The van der Waals surface area contributed by atoms with E-state index in [4.69, 9.17) is 5.26 Å². The molecule has 1 saturated heterocycles. The summed E-state index contributed by atoms with van der Waals surface area (Å²) in [5, 5.41) is 9.04. The van der Waals surface area contributed by atoms with Gasteiger partial charge in [0.15, 0.2) is 5.78 Å². The minimum atomic E-state index is -0.343. The Morgan fingerprint density at radius 1 is 1.13 bits per heavy atom. The van der Waals surface area contributed by atoms with Gasteiger partial charge in [-0.3, -0.25) is 14.5 Å². The van der Waals surface area contributed by atoms with E-state index in [-0.39, 0.29) is 29.9 Å². The van der Waals surface area contributed by atoms with E-state index in [1.54, 1.807) is 18.2 Å². The monoisotopic (exact) mass is 427 g/mol. The molecule has 30 heavy (non-hydrogen) atoms. The van der Waals surface area contributed by atoms with Crippen LogP contribution < -0.4 is 0 Å². The predicted molar refractivity (Wildman–Crippen MR) is 113 cm³/mol. The van der Waals surface area contributed by atoms with Crippen molar-refractivity contribution < 1.29 is 14.0 Å². The summed E-state index contributed by atoms with van der Waals surface area (Å²) < 4.78 is 13.0. The van der Waals surface area contributed by atoms with Gasteiger partial charge in [0.2, 0.25) is 0 Å². The van der Waals surface area contributed by atoms with E-state index >= 15 is 0 Å². The summed E-state index contributed by atoms with van der Waals surface area (Å²) in [7, 11) is 0. The third-order valence-electron chi connectivity index (χ3n) is 5.83. The number of hydrogen-bond acceptors (Lipinski definition) is 4. The second-order valence-corrected chi connectivity index (χ2v) is 7.82. The fraction of sp³-hybridized carbons (Fsp3) is 0.348. The lowest BCUT2D eigenvalue weighted by atomic mass is 9.95. The summed E-state index contributed by atoms with van der Waals surface area (Å²) in [5.74, 6) is 0.103. The van der Waals surface area contributed by atoms with E-state index in [9.17, 15) is 14.0 Å². The van der Waals surface area contributed by atoms with Crippen molar-refractivity contribution in [3.05, 3.63) is 70.5 Å². The number of amides is 1. The Balaban J connectivity index is 0.00000256. The Kier molecular flexibility index (Phi) is 6.86. The zero-order chi connectivity index (χ0) is 20.4. The lowest BCUT2D eigenvalue weighted by molar-refractivity contribution is 0.0707. The van der Waals surface area contributed by atoms with Gasteiger partial charge in [-0.15, -0.1) is 12.4 Å². The minimum absolute atomic E-state index is 0. The van der Waals surface area contributed by atoms with Gasteiger partial charge in [-0.05, 0) is 79.9 Å². The van der Waals surface area contributed by atoms with Crippen LogP contribution in [0.3, 0.4) is 0 Å². The third kappa shape index (κ3) is 4.69. The van der Waals surface area contributed by atoms with Gasteiger partial charge in [0, 0.05) is 24.2 Å². The van der Waals surface area contributed by atoms with Crippen molar-refractivity contribution in [2.24, 2.45) is 5.92 Å². The molecule has 0 saturated carbocycles. The first-order chi connectivity index (χ1) is 14.0. The molecule has 2 aliphatic rings. The van der Waals surface area contributed by atoms with Gasteiger partial charge < -0.3 is 4.90 Å². The number of halogens is 2. The Bertz CT molecular complexity index is 979. The Morgan fingerprint density at radius 3 is 2.50 bits per heavy atom. The topological polar surface area (TPSA) is 64.4 Å². The Hall–Kier alpha value is -2.75. The number of piperidine rings is 1. The van der Waals surface area contributed by atoms with Gasteiger partial charge in [0.05, 0.1) is 18.2 Å². The number of nitriles is 1. The maximum atomic E-state index is 13.0. The van der Waals surface area contributed by atoms with Crippen LogP contribution in [0.2, 0.25) is 0 Å². The van der Waals surface area contributed by atoms with E-state index < -0.39 is 0 Å². The molecular weight excluding hydrogens is 405 g/mol. The van der Waals surface area contributed by atoms with Crippen LogP contribution >= 0.6 is 12.4 Å². The Morgan fingerprint density at radius 2 is 1.83 bits per heavy atom. The summed E-state index contributed by atoms with van der Waals surface area (Å²) in [6.45, 7) is 3.22. The summed E-state index contributed by atoms with van der Waals surface area (Å²) in [6, 6.07) is 13.0. The zero-order valence-corrected chi connectivity index (χ0v) is 17.3. The molecule has 1 amide bonds. The zero-order valence-electron chi connectivity index (χ0n) is 16.5. The first kappa shape index (κ1) is 21.9. The summed E-state index contributed by atoms with van der Waals surface area (Å²) in [5.41, 5.74) is 2.74. The Labute approximate surface area is 181 Å². The maximum Gasteiger partial charge on any atom is 0.254 e. The standard InChI is InChI=1S/C23H22FN3O2.ClH/c24-20-4-2-18(3-5-20)22(28)15-26-9-7-16(8-10-26)13-27-14-19-11-17(12-25)1-6-21(19)23(27)29;/h1-6,11,16H,7-10,13-15H2;1H. The first-order valence-electron chi connectivity index (χ1n) is 9.87. The number of Topliss-reactive ketones (excluding diaryl/α,β-unsaturated/α-hetero) is 1. The quantitative estimate of drug-likeness (QED) is 0.683. The number of ketones is 1. The van der Waals surface area contributed by atoms with E-state index in [2.05, 4.69) is 11.0 Å². The van der Waals surface area contributed by atoms with Crippen LogP contribution in [-0.4, -0.2) is 47.7 Å². The lowest BCUT2D eigenvalue weighted by Crippen LogP contribution is -2.40. The predicted octanol–water partition coefficient (Wildman–Crippen LogP) is 3.67. The van der Waals surface area contributed by atoms with E-state index in [0.717, 1.165) is 31.5 Å². The molecule has 0 aromatic heterocycles. The molecule has 0 atom stereocenters. The molecule has 2 aromatic carbocycles. The molecule has 0 aliphatic carbocycles. The molecule has 4 rings (SSSR count). The van der Waals surface area contributed by atoms with Gasteiger partial charge >= 0.3 is 0 Å². The second kappa shape index (κ2) is 9.38. The molecule has 5 nitrogen and oxygen atoms in total. The number of rotatable bonds is 5. The number of carbonyl (C=O) groups excluding carboxylic acids is 2. The SMILES string of the molecule is Cl.N#Cc1ccc2c(c1)CN(CC1CCN(CC(=O)c3ccc(F)cc3)CC1)C2=O. The molecule has 0 unspecified atom stereocenters. The van der Waals surface area contributed by atoms with E-state index in [1.807, 2.05) is 4.90 Å². The molecule has 2 aromatic rings. The number of hydrogen-bond donors (Lipinski definition) is 0. The fourth-order valence-electron chi connectivity index (χ4n) is 4.17. The minimum Gasteiger partial charge on any atom is -0.334 e. The smallest absolute Gasteiger partial charge is 0.254 e. The van der Waals surface area contributed by atoms with Crippen molar-refractivity contribution in [2.45, 2.75) is 19.4 Å². The molecule has 156 valence electrons. The van der Waals surface area contributed by atoms with Gasteiger partial charge in [0.1, 0.15) is 5.82 Å². The van der Waals surface area contributed by atoms with Crippen LogP contribution in [0.4, 0.5) is 4.39 Å². The fourth-order valence-corrected chi connectivity index (χ4v) is 4.17. The molecule has 0 radical (unpaired) electrons. The summed E-state index contributed by atoms with van der Waals surface area (Å²) in [4.78, 5) is 29.0. The lowest BCUT2D eigenvalue weighted by Gasteiger charge is -2.33. The van der Waals surface area contributed by atoms with Crippen LogP contribution in [0, 0.1) is 23.1 Å². The van der Waals surface area contributed by atoms with Crippen LogP contribution in [0.5, 0.6) is 0 Å². The highest BCUT2D eigenvalue weighted by molar-refractivity contribution is 5.98. The molecule has 7 heteroatoms. The molecular formula is C23H23ClFN3O2. The third-order valence-corrected chi connectivity index (χ3v) is 5.83. The average molecular weight is 428 g/mol. The highest BCUT2D eigenvalue weighted by Gasteiger charge is 2.30. The van der Waals surface area contributed by atoms with Gasteiger partial charge in [-0.25, -0.2) is 4.39 Å². The van der Waals surface area contributed by atoms with Crippen LogP contribution in [0.25, 0.3) is 0 Å². The highest BCUT2D eigenvalue weighted by Crippen LogP contribution is 2.27. The van der Waals surface area contributed by atoms with Crippen molar-refractivity contribution in [2.75, 3.05) is 26.2 Å². The maximum absolute atomic E-state index is 13.0. The van der Waals surface area contributed by atoms with Crippen molar-refractivity contribution in [1.82, 2.24) is 9.80 Å².